The van der Waals surface area contributed by atoms with Gasteiger partial charge in [-0.25, -0.2) is 9.59 Å². The number of hydrogen-bond acceptors (Lipinski definition) is 8. The van der Waals surface area contributed by atoms with E-state index in [4.69, 9.17) is 18.6 Å². The molecule has 8 nitrogen and oxygen atoms in total. The van der Waals surface area contributed by atoms with Gasteiger partial charge >= 0.3 is 11.9 Å². The highest BCUT2D eigenvalue weighted by Gasteiger charge is 2.27. The topological polar surface area (TPSA) is 104 Å². The maximum atomic E-state index is 12.7. The van der Waals surface area contributed by atoms with Gasteiger partial charge in [0, 0.05) is 0 Å². The van der Waals surface area contributed by atoms with Gasteiger partial charge in [0.05, 0.1) is 19.8 Å². The minimum atomic E-state index is -0.674. The summed E-state index contributed by atoms with van der Waals surface area (Å²) in [5.74, 6) is -0.187. The van der Waals surface area contributed by atoms with E-state index in [9.17, 15) is 14.4 Å². The van der Waals surface area contributed by atoms with Crippen molar-refractivity contribution in [1.29, 1.82) is 0 Å². The van der Waals surface area contributed by atoms with E-state index >= 15 is 0 Å². The van der Waals surface area contributed by atoms with Crippen molar-refractivity contribution in [2.24, 2.45) is 0 Å². The molecule has 0 radical (unpaired) electrons. The van der Waals surface area contributed by atoms with Gasteiger partial charge < -0.3 is 23.9 Å². The molecule has 180 valence electrons. The van der Waals surface area contributed by atoms with Gasteiger partial charge in [-0.2, -0.15) is 0 Å². The summed E-state index contributed by atoms with van der Waals surface area (Å²) in [5, 5.41) is 2.80. The standard InChI is InChI=1S/C25H27NO7S/c1-6-14(2)16-7-9-17(10-8-16)32-13-18-11-12-19(33-18)22(27)26-23-20(24(28)30-4)15(3)21(34-23)25(29)31-5/h7-12,14H,6,13H2,1-5H3,(H,26,27). The first-order valence-corrected chi connectivity index (χ1v) is 11.5. The number of amides is 1. The Hall–Kier alpha value is -3.59. The van der Waals surface area contributed by atoms with Crippen LogP contribution in [0.4, 0.5) is 5.00 Å². The Bertz CT molecular complexity index is 1180. The molecule has 1 amide bonds. The summed E-state index contributed by atoms with van der Waals surface area (Å²) in [7, 11) is 2.46. The van der Waals surface area contributed by atoms with E-state index in [1.54, 1.807) is 13.0 Å². The lowest BCUT2D eigenvalue weighted by Gasteiger charge is -2.10. The summed E-state index contributed by atoms with van der Waals surface area (Å²) >= 11 is 0.931. The van der Waals surface area contributed by atoms with Gasteiger partial charge in [0.15, 0.2) is 5.76 Å². The van der Waals surface area contributed by atoms with Crippen molar-refractivity contribution in [2.45, 2.75) is 39.7 Å². The highest BCUT2D eigenvalue weighted by atomic mass is 32.1. The third-order valence-corrected chi connectivity index (χ3v) is 6.65. The van der Waals surface area contributed by atoms with Crippen molar-refractivity contribution in [1.82, 2.24) is 0 Å². The van der Waals surface area contributed by atoms with Crippen molar-refractivity contribution in [3.63, 3.8) is 0 Å². The Balaban J connectivity index is 1.70. The molecule has 2 heterocycles. The second-order valence-corrected chi connectivity index (χ2v) is 8.65. The first kappa shape index (κ1) is 25.0. The number of ether oxygens (including phenoxy) is 3. The predicted octanol–water partition coefficient (Wildman–Crippen LogP) is 5.57. The van der Waals surface area contributed by atoms with Gasteiger partial charge in [0.1, 0.15) is 28.0 Å². The zero-order chi connectivity index (χ0) is 24.8. The van der Waals surface area contributed by atoms with Crippen LogP contribution in [-0.4, -0.2) is 32.1 Å². The molecule has 0 aliphatic rings. The molecule has 0 fully saturated rings. The lowest BCUT2D eigenvalue weighted by atomic mass is 9.99. The summed E-state index contributed by atoms with van der Waals surface area (Å²) in [4.78, 5) is 37.2. The van der Waals surface area contributed by atoms with Crippen molar-refractivity contribution >= 4 is 34.2 Å². The number of anilines is 1. The second kappa shape index (κ2) is 11.0. The summed E-state index contributed by atoms with van der Waals surface area (Å²) in [6, 6.07) is 11.0. The van der Waals surface area contributed by atoms with Crippen LogP contribution in [-0.2, 0) is 16.1 Å². The van der Waals surface area contributed by atoms with E-state index in [0.29, 0.717) is 23.0 Å². The molecule has 2 aromatic heterocycles. The Morgan fingerprint density at radius 3 is 2.32 bits per heavy atom. The van der Waals surface area contributed by atoms with Gasteiger partial charge in [-0.3, -0.25) is 4.79 Å². The number of hydrogen-bond donors (Lipinski definition) is 1. The van der Waals surface area contributed by atoms with Crippen LogP contribution in [0, 0.1) is 6.92 Å². The molecular weight excluding hydrogens is 458 g/mol. The molecule has 0 aliphatic heterocycles. The Kier molecular flexibility index (Phi) is 8.12. The third kappa shape index (κ3) is 5.48. The Labute approximate surface area is 201 Å². The van der Waals surface area contributed by atoms with Crippen LogP contribution < -0.4 is 10.1 Å². The molecule has 0 aliphatic carbocycles. The molecule has 0 saturated carbocycles. The third-order valence-electron chi connectivity index (χ3n) is 5.46. The van der Waals surface area contributed by atoms with E-state index < -0.39 is 17.8 Å². The SMILES string of the molecule is CCC(C)c1ccc(OCc2ccc(C(=O)Nc3sc(C(=O)OC)c(C)c3C(=O)OC)o2)cc1. The monoisotopic (exact) mass is 485 g/mol. The van der Waals surface area contributed by atoms with Gasteiger partial charge in [0.2, 0.25) is 0 Å². The number of esters is 2. The molecule has 0 bridgehead atoms. The number of carbonyl (C=O) groups excluding carboxylic acids is 3. The maximum Gasteiger partial charge on any atom is 0.348 e. The number of rotatable bonds is 9. The van der Waals surface area contributed by atoms with E-state index in [1.807, 2.05) is 24.3 Å². The molecule has 1 N–H and O–H groups in total. The largest absolute Gasteiger partial charge is 0.486 e. The average Bonchev–Trinajstić information content (AvgIpc) is 3.46. The fourth-order valence-corrected chi connectivity index (χ4v) is 4.37. The van der Waals surface area contributed by atoms with Crippen LogP contribution in [0.5, 0.6) is 5.75 Å². The molecule has 9 heteroatoms. The summed E-state index contributed by atoms with van der Waals surface area (Å²) in [6.07, 6.45) is 1.06. The molecule has 0 saturated heterocycles. The Morgan fingerprint density at radius 2 is 1.71 bits per heavy atom. The van der Waals surface area contributed by atoms with Crippen LogP contribution in [0.2, 0.25) is 0 Å². The second-order valence-electron chi connectivity index (χ2n) is 7.63. The van der Waals surface area contributed by atoms with E-state index in [-0.39, 0.29) is 27.8 Å². The smallest absolute Gasteiger partial charge is 0.348 e. The van der Waals surface area contributed by atoms with Crippen molar-refractivity contribution in [3.8, 4) is 5.75 Å². The maximum absolute atomic E-state index is 12.7. The van der Waals surface area contributed by atoms with Crippen molar-refractivity contribution in [2.75, 3.05) is 19.5 Å². The molecule has 34 heavy (non-hydrogen) atoms. The van der Waals surface area contributed by atoms with Crippen molar-refractivity contribution < 1.29 is 33.0 Å². The lowest BCUT2D eigenvalue weighted by Crippen LogP contribution is -2.13. The highest BCUT2D eigenvalue weighted by Crippen LogP contribution is 2.34. The van der Waals surface area contributed by atoms with E-state index in [2.05, 4.69) is 19.2 Å². The molecule has 1 unspecified atom stereocenters. The molecule has 1 aromatic carbocycles. The molecular formula is C25H27NO7S. The minimum absolute atomic E-state index is 0.0344. The number of furan rings is 1. The van der Waals surface area contributed by atoms with Crippen LogP contribution in [0.1, 0.15) is 73.7 Å². The lowest BCUT2D eigenvalue weighted by molar-refractivity contribution is 0.0601. The number of methoxy groups -OCH3 is 2. The van der Waals surface area contributed by atoms with Crippen LogP contribution in [0.15, 0.2) is 40.8 Å². The molecule has 0 spiro atoms. The number of benzene rings is 1. The average molecular weight is 486 g/mol. The molecule has 1 atom stereocenters. The van der Waals surface area contributed by atoms with Crippen LogP contribution in [0.3, 0.4) is 0 Å². The van der Waals surface area contributed by atoms with Gasteiger partial charge in [-0.05, 0) is 54.7 Å². The van der Waals surface area contributed by atoms with Crippen LogP contribution in [0.25, 0.3) is 0 Å². The first-order chi connectivity index (χ1) is 16.3. The number of nitrogens with one attached hydrogen (secondary N) is 1. The Morgan fingerprint density at radius 1 is 1.03 bits per heavy atom. The van der Waals surface area contributed by atoms with Crippen molar-refractivity contribution in [3.05, 3.63) is 69.5 Å². The number of thiophene rings is 1. The fourth-order valence-electron chi connectivity index (χ4n) is 3.26. The summed E-state index contributed by atoms with van der Waals surface area (Å²) in [5.41, 5.74) is 1.71. The predicted molar refractivity (Wildman–Crippen MR) is 128 cm³/mol. The quantitative estimate of drug-likeness (QED) is 0.395. The van der Waals surface area contributed by atoms with E-state index in [1.165, 1.54) is 25.8 Å². The molecule has 3 aromatic rings. The fraction of sp³-hybridized carbons (Fsp3) is 0.320. The minimum Gasteiger partial charge on any atom is -0.486 e. The van der Waals surface area contributed by atoms with Gasteiger partial charge in [-0.15, -0.1) is 11.3 Å². The summed E-state index contributed by atoms with van der Waals surface area (Å²) in [6.45, 7) is 6.05. The highest BCUT2D eigenvalue weighted by molar-refractivity contribution is 7.18. The van der Waals surface area contributed by atoms with Gasteiger partial charge in [-0.1, -0.05) is 26.0 Å². The van der Waals surface area contributed by atoms with Crippen LogP contribution >= 0.6 is 11.3 Å². The van der Waals surface area contributed by atoms with E-state index in [0.717, 1.165) is 17.8 Å². The first-order valence-electron chi connectivity index (χ1n) is 10.7. The van der Waals surface area contributed by atoms with Gasteiger partial charge in [0.25, 0.3) is 5.91 Å². The molecule has 3 rings (SSSR count). The zero-order valence-electron chi connectivity index (χ0n) is 19.7. The normalized spacial score (nSPS) is 11.6. The summed E-state index contributed by atoms with van der Waals surface area (Å²) < 4.78 is 20.9. The zero-order valence-corrected chi connectivity index (χ0v) is 20.5. The number of carbonyl (C=O) groups is 3.